The Morgan fingerprint density at radius 1 is 0.103 bits per heavy atom. The molecule has 630 valence electrons. The summed E-state index contributed by atoms with van der Waals surface area (Å²) in [6.07, 6.45) is 5.66. The smallest absolute Gasteiger partial charge is 0.0714 e. The van der Waals surface area contributed by atoms with E-state index in [4.69, 9.17) is 15.0 Å². The average Bonchev–Trinajstić information content (AvgIpc) is 0.638. The van der Waals surface area contributed by atoms with Crippen molar-refractivity contribution in [3.8, 4) is 100 Å². The molecule has 28 aromatic rings. The Bertz CT molecular complexity index is 9750. The highest BCUT2D eigenvalue weighted by atomic mass is 14.7. The molecule has 28 rings (SSSR count). The maximum atomic E-state index is 4.80. The second-order valence-corrected chi connectivity index (χ2v) is 35.7. The second-order valence-electron chi connectivity index (χ2n) is 35.7. The summed E-state index contributed by atoms with van der Waals surface area (Å²) in [6, 6.07) is 177. The normalized spacial score (nSPS) is 11.7. The molecule has 0 amide bonds. The van der Waals surface area contributed by atoms with Crippen LogP contribution in [0.25, 0.3) is 273 Å². The summed E-state index contributed by atoms with van der Waals surface area (Å²) in [4.78, 5) is 14.3. The third-order valence-electron chi connectivity index (χ3n) is 28.2. The fourth-order valence-electron chi connectivity index (χ4n) is 22.1. The van der Waals surface area contributed by atoms with Crippen molar-refractivity contribution in [2.24, 2.45) is 0 Å². The van der Waals surface area contributed by atoms with Crippen LogP contribution in [0.4, 0.5) is 0 Å². The highest BCUT2D eigenvalue weighted by Gasteiger charge is 2.26. The minimum Gasteiger partial charge on any atom is -0.256 e. The van der Waals surface area contributed by atoms with Gasteiger partial charge >= 0.3 is 0 Å². The zero-order valence-corrected chi connectivity index (χ0v) is 74.3. The number of aromatic nitrogens is 3. The van der Waals surface area contributed by atoms with Crippen LogP contribution in [0.2, 0.25) is 0 Å². The van der Waals surface area contributed by atoms with Gasteiger partial charge in [-0.1, -0.05) is 419 Å². The molecule has 3 heteroatoms. The van der Waals surface area contributed by atoms with Crippen LogP contribution in [0, 0.1) is 0 Å². The largest absolute Gasteiger partial charge is 0.256 e. The quantitative estimate of drug-likeness (QED) is 0.107. The van der Waals surface area contributed by atoms with Crippen LogP contribution in [-0.4, -0.2) is 15.0 Å². The lowest BCUT2D eigenvalue weighted by molar-refractivity contribution is 1.42. The summed E-state index contributed by atoms with van der Waals surface area (Å²) in [7, 11) is 0. The average molecular weight is 1720 g/mol. The predicted octanol–water partition coefficient (Wildman–Crippen LogP) is 36.7. The first kappa shape index (κ1) is 79.1. The van der Waals surface area contributed by atoms with Crippen LogP contribution in [0.5, 0.6) is 0 Å². The molecule has 0 saturated heterocycles. The molecule has 0 fully saturated rings. The molecule has 0 N–H and O–H groups in total. The molecule has 0 atom stereocenters. The van der Waals surface area contributed by atoms with Crippen LogP contribution < -0.4 is 0 Å². The number of hydrogen-bond acceptors (Lipinski definition) is 3. The second kappa shape index (κ2) is 33.2. The predicted molar refractivity (Wildman–Crippen MR) is 582 cm³/mol. The van der Waals surface area contributed by atoms with Gasteiger partial charge in [-0.2, -0.15) is 0 Å². The maximum Gasteiger partial charge on any atom is 0.0714 e. The zero-order chi connectivity index (χ0) is 89.7. The summed E-state index contributed by atoms with van der Waals surface area (Å²) in [5, 5.41) is 36.0. The van der Waals surface area contributed by atoms with Crippen molar-refractivity contribution in [3.63, 3.8) is 0 Å². The van der Waals surface area contributed by atoms with Crippen LogP contribution in [0.3, 0.4) is 0 Å². The van der Waals surface area contributed by atoms with Gasteiger partial charge in [0.15, 0.2) is 0 Å². The van der Waals surface area contributed by atoms with Gasteiger partial charge in [0.2, 0.25) is 0 Å². The van der Waals surface area contributed by atoms with Crippen molar-refractivity contribution in [1.29, 1.82) is 0 Å². The molecule has 0 aliphatic rings. The van der Waals surface area contributed by atoms with Gasteiger partial charge in [-0.3, -0.25) is 15.0 Å². The van der Waals surface area contributed by atoms with Gasteiger partial charge in [-0.15, -0.1) is 0 Å². The summed E-state index contributed by atoms with van der Waals surface area (Å²) in [5.74, 6) is 0. The number of fused-ring (bicyclic) bond motifs is 19. The Labute approximate surface area is 786 Å². The molecule has 3 nitrogen and oxygen atoms in total. The van der Waals surface area contributed by atoms with E-state index in [2.05, 4.69) is 467 Å². The molecule has 0 unspecified atom stereocenters. The molecular weight excluding hydrogens is 1640 g/mol. The molecule has 3 heterocycles. The first-order chi connectivity index (χ1) is 67.5. The Morgan fingerprint density at radius 3 is 0.721 bits per heavy atom. The van der Waals surface area contributed by atoms with Gasteiger partial charge in [0.05, 0.1) is 16.6 Å². The fourth-order valence-corrected chi connectivity index (χ4v) is 22.1. The van der Waals surface area contributed by atoms with E-state index in [1.165, 1.54) is 256 Å². The minimum atomic E-state index is 1.01. The first-order valence-corrected chi connectivity index (χ1v) is 46.8. The Balaban J connectivity index is 0.000000106. The van der Waals surface area contributed by atoms with Crippen molar-refractivity contribution >= 4 is 173 Å². The highest BCUT2D eigenvalue weighted by molar-refractivity contribution is 6.29. The molecule has 0 bridgehead atoms. The van der Waals surface area contributed by atoms with Crippen LogP contribution in [0.15, 0.2) is 504 Å². The molecule has 0 aliphatic carbocycles. The van der Waals surface area contributed by atoms with Crippen molar-refractivity contribution in [1.82, 2.24) is 15.0 Å². The van der Waals surface area contributed by atoms with E-state index in [1.807, 2.05) is 36.8 Å². The number of hydrogen-bond donors (Lipinski definition) is 0. The number of pyridine rings is 3. The molecule has 0 spiro atoms. The fraction of sp³-hybridized carbons (Fsp3) is 0. The lowest BCUT2D eigenvalue weighted by Crippen LogP contribution is -1.93. The van der Waals surface area contributed by atoms with Gasteiger partial charge in [0.1, 0.15) is 0 Å². The third-order valence-corrected chi connectivity index (χ3v) is 28.2. The molecule has 3 aromatic heterocycles. The molecule has 0 radical (unpaired) electrons. The van der Waals surface area contributed by atoms with Gasteiger partial charge < -0.3 is 0 Å². The summed E-state index contributed by atoms with van der Waals surface area (Å²) in [6.45, 7) is 0. The minimum absolute atomic E-state index is 1.01. The van der Waals surface area contributed by atoms with Crippen LogP contribution >= 0.6 is 0 Å². The summed E-state index contributed by atoms with van der Waals surface area (Å²) in [5.41, 5.74) is 25.3. The zero-order valence-electron chi connectivity index (χ0n) is 74.3. The van der Waals surface area contributed by atoms with Crippen molar-refractivity contribution in [2.45, 2.75) is 0 Å². The molecule has 136 heavy (non-hydrogen) atoms. The van der Waals surface area contributed by atoms with Gasteiger partial charge in [-0.25, -0.2) is 0 Å². The highest BCUT2D eigenvalue weighted by Crippen LogP contribution is 2.53. The van der Waals surface area contributed by atoms with Gasteiger partial charge in [0, 0.05) is 34.7 Å². The van der Waals surface area contributed by atoms with E-state index in [1.54, 1.807) is 0 Å². The van der Waals surface area contributed by atoms with E-state index in [0.717, 1.165) is 16.6 Å². The molecule has 0 saturated carbocycles. The lowest BCUT2D eigenvalue weighted by Gasteiger charge is -2.21. The topological polar surface area (TPSA) is 38.7 Å². The van der Waals surface area contributed by atoms with Crippen molar-refractivity contribution in [2.75, 3.05) is 0 Å². The van der Waals surface area contributed by atoms with Crippen LogP contribution in [-0.2, 0) is 0 Å². The first-order valence-electron chi connectivity index (χ1n) is 46.8. The molecule has 25 aromatic carbocycles. The van der Waals surface area contributed by atoms with E-state index < -0.39 is 0 Å². The molecule has 0 aliphatic heterocycles. The van der Waals surface area contributed by atoms with Crippen molar-refractivity contribution < 1.29 is 0 Å². The van der Waals surface area contributed by atoms with Crippen LogP contribution in [0.1, 0.15) is 0 Å². The summed E-state index contributed by atoms with van der Waals surface area (Å²) >= 11 is 0. The summed E-state index contributed by atoms with van der Waals surface area (Å²) < 4.78 is 0. The Hall–Kier alpha value is -17.9. The third kappa shape index (κ3) is 13.5. The number of nitrogens with zero attached hydrogens (tertiary/aromatic N) is 3. The van der Waals surface area contributed by atoms with Gasteiger partial charge in [0.25, 0.3) is 0 Å². The molecular formula is C133H83N3. The van der Waals surface area contributed by atoms with Crippen molar-refractivity contribution in [3.05, 3.63) is 504 Å². The Morgan fingerprint density at radius 2 is 0.346 bits per heavy atom. The standard InChI is InChI=1S/2C47H29N.C39H25N/c1-3-16-33-30(12-1)14-9-22-38(33)46-40-20-7-8-21-41(40)47(39-23-10-15-31-13-2-4-17-34(31)39)44-28-32(25-26-42(44)46)43-29-45-37(24-11-27-48-45)35-18-5-6-19-36(35)43;1-3-12-32-26-35(21-19-30(32)10-1)46-40-16-7-8-17-41(40)47(36-22-20-31-11-2-4-13-33(31)27-36)44-28-34(23-24-42(44)46)43-29-45-39(18-9-25-48-45)37-14-5-6-15-38(37)43;1-3-12-26(13-4-1)38-32-18-9-10-19-33(32)39(27-14-5-2-6-15-27)36-24-28(21-22-34(36)38)35-25-37-31(20-11-23-40-37)29-16-7-8-17-30(29)35/h2*1-29H;1-25H. The van der Waals surface area contributed by atoms with E-state index in [9.17, 15) is 0 Å². The van der Waals surface area contributed by atoms with E-state index >= 15 is 0 Å². The lowest BCUT2D eigenvalue weighted by atomic mass is 9.82. The van der Waals surface area contributed by atoms with Gasteiger partial charge in [-0.05, 0) is 307 Å². The van der Waals surface area contributed by atoms with E-state index in [0.29, 0.717) is 0 Å². The number of rotatable bonds is 9. The maximum absolute atomic E-state index is 4.80. The number of benzene rings is 25. The monoisotopic (exact) mass is 1720 g/mol. The SMILES string of the molecule is c1ccc(-c2c3ccccc3c(-c3ccccc3)c3cc(-c4cc5ncccc5c5ccccc45)ccc23)cc1.c1ccc2c(-c3c4ccccc4c(-c4cccc5ccccc45)c4cc(-c5cc6ncccc6c6ccccc56)ccc34)cccc2c1.c1ccc2cc(-c3c4ccccc4c(-c4ccc5ccccc5c4)c4cc(-c5cc6ncccc6c6ccccc56)ccc34)ccc2c1. The van der Waals surface area contributed by atoms with E-state index in [-0.39, 0.29) is 0 Å². The Kier molecular flexibility index (Phi) is 19.3.